The summed E-state index contributed by atoms with van der Waals surface area (Å²) in [4.78, 5) is 12.3. The van der Waals surface area contributed by atoms with Gasteiger partial charge in [-0.2, -0.15) is 5.26 Å². The van der Waals surface area contributed by atoms with Crippen molar-refractivity contribution in [2.45, 2.75) is 13.8 Å². The molecule has 0 aliphatic carbocycles. The van der Waals surface area contributed by atoms with Gasteiger partial charge >= 0.3 is 0 Å². The first-order chi connectivity index (χ1) is 9.49. The molecule has 100 valence electrons. The van der Waals surface area contributed by atoms with Crippen molar-refractivity contribution in [3.8, 4) is 6.07 Å². The van der Waals surface area contributed by atoms with Crippen molar-refractivity contribution in [3.05, 3.63) is 63.1 Å². The maximum atomic E-state index is 12.3. The SMILES string of the molecule is Cc1cc(C)cc(C(=O)Nc2cc(Br)ccc2C#N)c1. The van der Waals surface area contributed by atoms with Crippen molar-refractivity contribution >= 4 is 27.5 Å². The molecule has 0 saturated heterocycles. The predicted octanol–water partition coefficient (Wildman–Crippen LogP) is 4.19. The number of amides is 1. The van der Waals surface area contributed by atoms with Gasteiger partial charge in [-0.1, -0.05) is 33.1 Å². The summed E-state index contributed by atoms with van der Waals surface area (Å²) in [6, 6.07) is 12.9. The van der Waals surface area contributed by atoms with E-state index in [-0.39, 0.29) is 5.91 Å². The van der Waals surface area contributed by atoms with E-state index in [9.17, 15) is 4.79 Å². The summed E-state index contributed by atoms with van der Waals surface area (Å²) in [5, 5.41) is 11.8. The minimum Gasteiger partial charge on any atom is -0.321 e. The summed E-state index contributed by atoms with van der Waals surface area (Å²) >= 11 is 3.33. The van der Waals surface area contributed by atoms with Crippen LogP contribution in [0.4, 0.5) is 5.69 Å². The molecule has 0 aliphatic heterocycles. The fourth-order valence-corrected chi connectivity index (χ4v) is 2.38. The van der Waals surface area contributed by atoms with Crippen LogP contribution in [0.25, 0.3) is 0 Å². The maximum Gasteiger partial charge on any atom is 0.255 e. The number of halogens is 1. The Balaban J connectivity index is 2.32. The second-order valence-corrected chi connectivity index (χ2v) is 5.55. The average molecular weight is 329 g/mol. The van der Waals surface area contributed by atoms with E-state index in [0.717, 1.165) is 15.6 Å². The molecule has 0 spiro atoms. The van der Waals surface area contributed by atoms with Crippen LogP contribution in [0.1, 0.15) is 27.0 Å². The Hall–Kier alpha value is -2.12. The Morgan fingerprint density at radius 2 is 1.80 bits per heavy atom. The van der Waals surface area contributed by atoms with Gasteiger partial charge in [0.1, 0.15) is 6.07 Å². The average Bonchev–Trinajstić information content (AvgIpc) is 2.37. The van der Waals surface area contributed by atoms with Crippen LogP contribution in [-0.2, 0) is 0 Å². The highest BCUT2D eigenvalue weighted by Crippen LogP contribution is 2.21. The third kappa shape index (κ3) is 3.25. The molecule has 1 amide bonds. The zero-order valence-corrected chi connectivity index (χ0v) is 12.8. The van der Waals surface area contributed by atoms with E-state index < -0.39 is 0 Å². The number of nitrogens with one attached hydrogen (secondary N) is 1. The van der Waals surface area contributed by atoms with Crippen molar-refractivity contribution in [2.24, 2.45) is 0 Å². The molecule has 20 heavy (non-hydrogen) atoms. The lowest BCUT2D eigenvalue weighted by molar-refractivity contribution is 0.102. The van der Waals surface area contributed by atoms with Crippen molar-refractivity contribution in [2.75, 3.05) is 5.32 Å². The lowest BCUT2D eigenvalue weighted by Crippen LogP contribution is -2.13. The topological polar surface area (TPSA) is 52.9 Å². The fourth-order valence-electron chi connectivity index (χ4n) is 2.02. The summed E-state index contributed by atoms with van der Waals surface area (Å²) in [7, 11) is 0. The normalized spacial score (nSPS) is 9.90. The second-order valence-electron chi connectivity index (χ2n) is 4.63. The largest absolute Gasteiger partial charge is 0.321 e. The van der Waals surface area contributed by atoms with Crippen LogP contribution in [0.5, 0.6) is 0 Å². The number of benzene rings is 2. The van der Waals surface area contributed by atoms with E-state index in [2.05, 4.69) is 27.3 Å². The number of aryl methyl sites for hydroxylation is 2. The van der Waals surface area contributed by atoms with Crippen LogP contribution in [0.2, 0.25) is 0 Å². The molecular formula is C16H13BrN2O. The number of nitriles is 1. The predicted molar refractivity (Wildman–Crippen MR) is 82.7 cm³/mol. The summed E-state index contributed by atoms with van der Waals surface area (Å²) in [5.41, 5.74) is 3.60. The van der Waals surface area contributed by atoms with E-state index >= 15 is 0 Å². The van der Waals surface area contributed by atoms with Crippen LogP contribution in [0.15, 0.2) is 40.9 Å². The molecule has 3 nitrogen and oxygen atoms in total. The molecule has 2 aromatic rings. The smallest absolute Gasteiger partial charge is 0.255 e. The molecule has 0 radical (unpaired) electrons. The third-order valence-electron chi connectivity index (χ3n) is 2.83. The molecule has 0 saturated carbocycles. The minimum absolute atomic E-state index is 0.216. The first-order valence-electron chi connectivity index (χ1n) is 6.09. The van der Waals surface area contributed by atoms with Crippen LogP contribution < -0.4 is 5.32 Å². The number of nitrogens with zero attached hydrogens (tertiary/aromatic N) is 1. The van der Waals surface area contributed by atoms with Gasteiger partial charge in [0.15, 0.2) is 0 Å². The van der Waals surface area contributed by atoms with Gasteiger partial charge in [-0.05, 0) is 44.2 Å². The van der Waals surface area contributed by atoms with Gasteiger partial charge in [0.2, 0.25) is 0 Å². The van der Waals surface area contributed by atoms with Crippen LogP contribution in [0.3, 0.4) is 0 Å². The number of carbonyl (C=O) groups excluding carboxylic acids is 1. The van der Waals surface area contributed by atoms with Crippen molar-refractivity contribution in [1.82, 2.24) is 0 Å². The van der Waals surface area contributed by atoms with Gasteiger partial charge in [-0.15, -0.1) is 0 Å². The molecule has 0 fully saturated rings. The van der Waals surface area contributed by atoms with E-state index in [0.29, 0.717) is 16.8 Å². The van der Waals surface area contributed by atoms with Crippen molar-refractivity contribution in [3.63, 3.8) is 0 Å². The first-order valence-corrected chi connectivity index (χ1v) is 6.88. The molecule has 1 N–H and O–H groups in total. The Morgan fingerprint density at radius 3 is 2.40 bits per heavy atom. The van der Waals surface area contributed by atoms with E-state index in [1.54, 1.807) is 18.2 Å². The lowest BCUT2D eigenvalue weighted by atomic mass is 10.1. The third-order valence-corrected chi connectivity index (χ3v) is 3.33. The maximum absolute atomic E-state index is 12.3. The fraction of sp³-hybridized carbons (Fsp3) is 0.125. The van der Waals surface area contributed by atoms with Crippen LogP contribution in [0, 0.1) is 25.2 Å². The summed E-state index contributed by atoms with van der Waals surface area (Å²) < 4.78 is 0.812. The van der Waals surface area contributed by atoms with E-state index in [4.69, 9.17) is 5.26 Å². The molecule has 0 heterocycles. The van der Waals surface area contributed by atoms with Gasteiger partial charge in [0, 0.05) is 10.0 Å². The van der Waals surface area contributed by atoms with E-state index in [1.807, 2.05) is 32.0 Å². The summed E-state index contributed by atoms with van der Waals surface area (Å²) in [6.45, 7) is 3.90. The number of hydrogen-bond donors (Lipinski definition) is 1. The molecule has 2 rings (SSSR count). The standard InChI is InChI=1S/C16H13BrN2O/c1-10-5-11(2)7-13(6-10)16(20)19-15-8-14(17)4-3-12(15)9-18/h3-8H,1-2H3,(H,19,20). The second kappa shape index (κ2) is 5.89. The highest BCUT2D eigenvalue weighted by Gasteiger charge is 2.10. The van der Waals surface area contributed by atoms with Gasteiger partial charge in [0.05, 0.1) is 11.3 Å². The Kier molecular flexibility index (Phi) is 4.21. The molecule has 2 aromatic carbocycles. The number of hydrogen-bond acceptors (Lipinski definition) is 2. The molecule has 0 aliphatic rings. The number of carbonyl (C=O) groups is 1. The molecule has 0 bridgehead atoms. The molecule has 4 heteroatoms. The first kappa shape index (κ1) is 14.3. The highest BCUT2D eigenvalue weighted by atomic mass is 79.9. The molecule has 0 atom stereocenters. The van der Waals surface area contributed by atoms with E-state index in [1.165, 1.54) is 0 Å². The molecule has 0 unspecified atom stereocenters. The van der Waals surface area contributed by atoms with Gasteiger partial charge < -0.3 is 5.32 Å². The van der Waals surface area contributed by atoms with Gasteiger partial charge in [0.25, 0.3) is 5.91 Å². The Bertz CT molecular complexity index is 697. The highest BCUT2D eigenvalue weighted by molar-refractivity contribution is 9.10. The summed E-state index contributed by atoms with van der Waals surface area (Å²) in [5.74, 6) is -0.216. The molecule has 0 aromatic heterocycles. The lowest BCUT2D eigenvalue weighted by Gasteiger charge is -2.09. The Morgan fingerprint density at radius 1 is 1.15 bits per heavy atom. The van der Waals surface area contributed by atoms with Crippen LogP contribution >= 0.6 is 15.9 Å². The van der Waals surface area contributed by atoms with Crippen LogP contribution in [-0.4, -0.2) is 5.91 Å². The molecular weight excluding hydrogens is 316 g/mol. The van der Waals surface area contributed by atoms with Gasteiger partial charge in [-0.25, -0.2) is 0 Å². The zero-order valence-electron chi connectivity index (χ0n) is 11.2. The number of rotatable bonds is 2. The van der Waals surface area contributed by atoms with Crippen molar-refractivity contribution in [1.29, 1.82) is 5.26 Å². The van der Waals surface area contributed by atoms with Gasteiger partial charge in [-0.3, -0.25) is 4.79 Å². The Labute approximate surface area is 126 Å². The summed E-state index contributed by atoms with van der Waals surface area (Å²) in [6.07, 6.45) is 0. The monoisotopic (exact) mass is 328 g/mol. The minimum atomic E-state index is -0.216. The number of anilines is 1. The quantitative estimate of drug-likeness (QED) is 0.898. The van der Waals surface area contributed by atoms with Crippen molar-refractivity contribution < 1.29 is 4.79 Å². The zero-order chi connectivity index (χ0) is 14.7.